The standard InChI is InChI=1S/C30H61NS/c1-4-6-8-10-12-13-14-15-16-17-18-19-21-23-25-27-30(31(3)28-29-32)26-24-22-20-11-9-7-5-2/h15-16,30,32H,4-14,17-29H2,1-3H3/b16-15-/t30-/m0/s1. The van der Waals surface area contributed by atoms with Gasteiger partial charge in [0.25, 0.3) is 0 Å². The number of hydrogen-bond donors (Lipinski definition) is 1. The van der Waals surface area contributed by atoms with Crippen molar-refractivity contribution in [2.75, 3.05) is 19.3 Å². The van der Waals surface area contributed by atoms with Crippen molar-refractivity contribution in [3.63, 3.8) is 0 Å². The van der Waals surface area contributed by atoms with Crippen LogP contribution in [0.2, 0.25) is 0 Å². The molecule has 1 nitrogen and oxygen atoms in total. The predicted octanol–water partition coefficient (Wildman–Crippen LogP) is 10.4. The predicted molar refractivity (Wildman–Crippen MR) is 152 cm³/mol. The molecule has 0 heterocycles. The molecule has 0 spiro atoms. The van der Waals surface area contributed by atoms with Crippen LogP contribution in [-0.2, 0) is 0 Å². The van der Waals surface area contributed by atoms with E-state index in [2.05, 4.69) is 50.6 Å². The maximum Gasteiger partial charge on any atom is 0.00925 e. The molecule has 0 radical (unpaired) electrons. The summed E-state index contributed by atoms with van der Waals surface area (Å²) in [6.45, 7) is 5.73. The smallest absolute Gasteiger partial charge is 0.00925 e. The molecule has 0 amide bonds. The maximum atomic E-state index is 4.47. The summed E-state index contributed by atoms with van der Waals surface area (Å²) in [6, 6.07) is 0.780. The van der Waals surface area contributed by atoms with E-state index in [4.69, 9.17) is 0 Å². The molecular formula is C30H61NS. The molecular weight excluding hydrogens is 406 g/mol. The minimum absolute atomic E-state index is 0.780. The van der Waals surface area contributed by atoms with Gasteiger partial charge in [-0.15, -0.1) is 0 Å². The van der Waals surface area contributed by atoms with E-state index in [1.807, 2.05) is 0 Å². The third-order valence-corrected chi connectivity index (χ3v) is 7.22. The first-order valence-electron chi connectivity index (χ1n) is 14.7. The van der Waals surface area contributed by atoms with E-state index < -0.39 is 0 Å². The maximum absolute atomic E-state index is 4.47. The van der Waals surface area contributed by atoms with E-state index >= 15 is 0 Å². The topological polar surface area (TPSA) is 3.24 Å². The molecule has 0 unspecified atom stereocenters. The molecule has 1 atom stereocenters. The second-order valence-corrected chi connectivity index (χ2v) is 10.6. The fourth-order valence-electron chi connectivity index (χ4n) is 4.71. The van der Waals surface area contributed by atoms with Gasteiger partial charge in [0.15, 0.2) is 0 Å². The van der Waals surface area contributed by atoms with Gasteiger partial charge < -0.3 is 4.90 Å². The Morgan fingerprint density at radius 2 is 0.938 bits per heavy atom. The van der Waals surface area contributed by atoms with E-state index in [-0.39, 0.29) is 0 Å². The minimum atomic E-state index is 0.780. The second-order valence-electron chi connectivity index (χ2n) is 10.1. The van der Waals surface area contributed by atoms with Crippen LogP contribution >= 0.6 is 12.6 Å². The highest BCUT2D eigenvalue weighted by molar-refractivity contribution is 7.80. The fraction of sp³-hybridized carbons (Fsp3) is 0.933. The van der Waals surface area contributed by atoms with Crippen LogP contribution in [-0.4, -0.2) is 30.3 Å². The SMILES string of the molecule is CCCCCCCC/C=C\CCCCCCC[C@H](CCCCCCCCC)N(C)CCS. The highest BCUT2D eigenvalue weighted by Crippen LogP contribution is 2.18. The van der Waals surface area contributed by atoms with Crippen LogP contribution in [0.5, 0.6) is 0 Å². The summed E-state index contributed by atoms with van der Waals surface area (Å²) in [7, 11) is 2.32. The van der Waals surface area contributed by atoms with E-state index in [1.165, 1.54) is 141 Å². The quantitative estimate of drug-likeness (QED) is 0.0752. The summed E-state index contributed by atoms with van der Waals surface area (Å²) in [4.78, 5) is 2.58. The van der Waals surface area contributed by atoms with E-state index in [0.29, 0.717) is 0 Å². The molecule has 0 aliphatic carbocycles. The van der Waals surface area contributed by atoms with E-state index in [9.17, 15) is 0 Å². The number of hydrogen-bond acceptors (Lipinski definition) is 2. The van der Waals surface area contributed by atoms with Gasteiger partial charge in [0, 0.05) is 18.3 Å². The molecule has 0 saturated heterocycles. The second kappa shape index (κ2) is 27.3. The van der Waals surface area contributed by atoms with Crippen molar-refractivity contribution in [2.45, 2.75) is 161 Å². The Labute approximate surface area is 210 Å². The van der Waals surface area contributed by atoms with Gasteiger partial charge in [0.05, 0.1) is 0 Å². The molecule has 0 saturated carbocycles. The summed E-state index contributed by atoms with van der Waals surface area (Å²) < 4.78 is 0. The number of unbranched alkanes of at least 4 members (excludes halogenated alkanes) is 17. The van der Waals surface area contributed by atoms with Gasteiger partial charge >= 0.3 is 0 Å². The number of nitrogens with zero attached hydrogens (tertiary/aromatic N) is 1. The molecule has 0 aromatic heterocycles. The van der Waals surface area contributed by atoms with Gasteiger partial charge in [-0.3, -0.25) is 0 Å². The van der Waals surface area contributed by atoms with Crippen LogP contribution in [0.3, 0.4) is 0 Å². The molecule has 0 fully saturated rings. The van der Waals surface area contributed by atoms with Gasteiger partial charge in [0.1, 0.15) is 0 Å². The Bertz CT molecular complexity index is 368. The largest absolute Gasteiger partial charge is 0.303 e. The van der Waals surface area contributed by atoms with Crippen LogP contribution in [0.1, 0.15) is 155 Å². The molecule has 0 rings (SSSR count). The number of thiol groups is 1. The van der Waals surface area contributed by atoms with E-state index in [0.717, 1.165) is 18.3 Å². The van der Waals surface area contributed by atoms with Crippen molar-refractivity contribution >= 4 is 12.6 Å². The third kappa shape index (κ3) is 23.2. The minimum Gasteiger partial charge on any atom is -0.303 e. The molecule has 0 aromatic rings. The van der Waals surface area contributed by atoms with Crippen LogP contribution in [0, 0.1) is 0 Å². The lowest BCUT2D eigenvalue weighted by molar-refractivity contribution is 0.221. The van der Waals surface area contributed by atoms with Crippen molar-refractivity contribution in [2.24, 2.45) is 0 Å². The lowest BCUT2D eigenvalue weighted by atomic mass is 9.99. The highest BCUT2D eigenvalue weighted by Gasteiger charge is 2.13. The molecule has 32 heavy (non-hydrogen) atoms. The van der Waals surface area contributed by atoms with Crippen molar-refractivity contribution < 1.29 is 0 Å². The van der Waals surface area contributed by atoms with Crippen molar-refractivity contribution in [1.29, 1.82) is 0 Å². The first-order valence-corrected chi connectivity index (χ1v) is 15.4. The average Bonchev–Trinajstić information content (AvgIpc) is 2.79. The molecule has 0 aliphatic heterocycles. The third-order valence-electron chi connectivity index (χ3n) is 7.02. The Hall–Kier alpha value is 0.0500. The molecule has 0 bridgehead atoms. The van der Waals surface area contributed by atoms with E-state index in [1.54, 1.807) is 0 Å². The molecule has 192 valence electrons. The van der Waals surface area contributed by atoms with Gasteiger partial charge in [-0.25, -0.2) is 0 Å². The van der Waals surface area contributed by atoms with Gasteiger partial charge in [-0.2, -0.15) is 12.6 Å². The molecule has 0 aromatic carbocycles. The molecule has 2 heteroatoms. The first kappa shape index (κ1) is 32.0. The average molecular weight is 468 g/mol. The van der Waals surface area contributed by atoms with Crippen molar-refractivity contribution in [3.8, 4) is 0 Å². The molecule has 0 aliphatic rings. The summed E-state index contributed by atoms with van der Waals surface area (Å²) in [5, 5.41) is 0. The monoisotopic (exact) mass is 467 g/mol. The Morgan fingerprint density at radius 3 is 1.34 bits per heavy atom. The number of rotatable bonds is 26. The van der Waals surface area contributed by atoms with Crippen LogP contribution in [0.4, 0.5) is 0 Å². The van der Waals surface area contributed by atoms with Crippen molar-refractivity contribution in [3.05, 3.63) is 12.2 Å². The van der Waals surface area contributed by atoms with Crippen molar-refractivity contribution in [1.82, 2.24) is 4.90 Å². The first-order chi connectivity index (χ1) is 15.8. The van der Waals surface area contributed by atoms with Crippen LogP contribution in [0.25, 0.3) is 0 Å². The molecule has 0 N–H and O–H groups in total. The Balaban J connectivity index is 3.66. The van der Waals surface area contributed by atoms with Gasteiger partial charge in [0.2, 0.25) is 0 Å². The summed E-state index contributed by atoms with van der Waals surface area (Å²) in [6.07, 6.45) is 35.7. The summed E-state index contributed by atoms with van der Waals surface area (Å²) in [5.74, 6) is 0.983. The Kier molecular flexibility index (Phi) is 27.3. The Morgan fingerprint density at radius 1 is 0.562 bits per heavy atom. The number of allylic oxidation sites excluding steroid dienone is 2. The van der Waals surface area contributed by atoms with Crippen LogP contribution < -0.4 is 0 Å². The van der Waals surface area contributed by atoms with Crippen LogP contribution in [0.15, 0.2) is 12.2 Å². The lowest BCUT2D eigenvalue weighted by Gasteiger charge is -2.28. The zero-order chi connectivity index (χ0) is 23.5. The van der Waals surface area contributed by atoms with Gasteiger partial charge in [-0.05, 0) is 45.6 Å². The zero-order valence-electron chi connectivity index (χ0n) is 22.6. The lowest BCUT2D eigenvalue weighted by Crippen LogP contribution is -2.33. The highest BCUT2D eigenvalue weighted by atomic mass is 32.1. The van der Waals surface area contributed by atoms with Gasteiger partial charge in [-0.1, -0.05) is 129 Å². The summed E-state index contributed by atoms with van der Waals surface area (Å²) >= 11 is 4.47. The zero-order valence-corrected chi connectivity index (χ0v) is 23.5. The normalized spacial score (nSPS) is 12.9. The summed E-state index contributed by atoms with van der Waals surface area (Å²) in [5.41, 5.74) is 0. The fourth-order valence-corrected chi connectivity index (χ4v) is 5.03.